The summed E-state index contributed by atoms with van der Waals surface area (Å²) in [6.07, 6.45) is 99.2. The average Bonchev–Trinajstić information content (AvgIpc) is 3.58. The van der Waals surface area contributed by atoms with Crippen LogP contribution in [0.25, 0.3) is 0 Å². The van der Waals surface area contributed by atoms with Crippen molar-refractivity contribution in [3.63, 3.8) is 0 Å². The van der Waals surface area contributed by atoms with E-state index in [1.165, 1.54) is 411 Å². The lowest BCUT2D eigenvalue weighted by Crippen LogP contribution is -2.45. The number of hydrogen-bond acceptors (Lipinski definition) is 5. The summed E-state index contributed by atoms with van der Waals surface area (Å²) < 4.78 is 5.51. The van der Waals surface area contributed by atoms with E-state index in [0.717, 1.165) is 38.5 Å². The Morgan fingerprint density at radius 2 is 0.523 bits per heavy atom. The molecule has 0 spiro atoms. The monoisotopic (exact) mass is 1240 g/mol. The van der Waals surface area contributed by atoms with Crippen LogP contribution < -0.4 is 5.32 Å². The van der Waals surface area contributed by atoms with Crippen LogP contribution in [0.15, 0.2) is 12.2 Å². The number of carbonyl (C=O) groups excluding carboxylic acids is 2. The number of esters is 1. The van der Waals surface area contributed by atoms with Crippen LogP contribution in [0.4, 0.5) is 0 Å². The number of aliphatic hydroxyl groups excluding tert-OH is 2. The van der Waals surface area contributed by atoms with E-state index in [4.69, 9.17) is 4.74 Å². The molecule has 0 aromatic rings. The van der Waals surface area contributed by atoms with Gasteiger partial charge in [0, 0.05) is 12.8 Å². The fourth-order valence-corrected chi connectivity index (χ4v) is 13.3. The van der Waals surface area contributed by atoms with Gasteiger partial charge in [-0.25, -0.2) is 0 Å². The summed E-state index contributed by atoms with van der Waals surface area (Å²) in [7, 11) is 0. The van der Waals surface area contributed by atoms with Crippen molar-refractivity contribution < 1.29 is 24.5 Å². The first-order valence-corrected chi connectivity index (χ1v) is 41.0. The van der Waals surface area contributed by atoms with Crippen LogP contribution in [0.5, 0.6) is 0 Å². The van der Waals surface area contributed by atoms with Crippen LogP contribution in [0, 0.1) is 0 Å². The SMILES string of the molecule is CCCCCCCCCCCCCCCCCCCCCCCC/C=C/C(O)C(CO)NC(=O)CCCCCCCCCCCCCCCCCCCCCCCCCCCCCCCCCCOC(=O)CCCCCCCCCCCCCCCCC. The van der Waals surface area contributed by atoms with Crippen molar-refractivity contribution in [2.24, 2.45) is 0 Å². The van der Waals surface area contributed by atoms with Crippen LogP contribution in [0.1, 0.15) is 476 Å². The molecule has 6 heteroatoms. The van der Waals surface area contributed by atoms with Gasteiger partial charge < -0.3 is 20.3 Å². The highest BCUT2D eigenvalue weighted by Crippen LogP contribution is 2.21. The minimum Gasteiger partial charge on any atom is -0.466 e. The summed E-state index contributed by atoms with van der Waals surface area (Å²) >= 11 is 0. The van der Waals surface area contributed by atoms with E-state index >= 15 is 0 Å². The predicted octanol–water partition coefficient (Wildman–Crippen LogP) is 27.1. The van der Waals surface area contributed by atoms with E-state index in [1.807, 2.05) is 6.08 Å². The molecule has 0 aliphatic heterocycles. The normalized spacial score (nSPS) is 12.5. The van der Waals surface area contributed by atoms with Crippen LogP contribution >= 0.6 is 0 Å². The molecule has 2 atom stereocenters. The third-order valence-corrected chi connectivity index (χ3v) is 19.6. The molecule has 6 nitrogen and oxygen atoms in total. The fraction of sp³-hybridized carbons (Fsp3) is 0.951. The molecule has 0 saturated heterocycles. The molecule has 524 valence electrons. The lowest BCUT2D eigenvalue weighted by atomic mass is 10.0. The number of aliphatic hydroxyl groups is 2. The van der Waals surface area contributed by atoms with E-state index < -0.39 is 12.1 Å². The highest BCUT2D eigenvalue weighted by atomic mass is 16.5. The van der Waals surface area contributed by atoms with Gasteiger partial charge in [-0.1, -0.05) is 443 Å². The third-order valence-electron chi connectivity index (χ3n) is 19.6. The van der Waals surface area contributed by atoms with Gasteiger partial charge in [0.2, 0.25) is 5.91 Å². The highest BCUT2D eigenvalue weighted by molar-refractivity contribution is 5.76. The van der Waals surface area contributed by atoms with Gasteiger partial charge in [0.25, 0.3) is 0 Å². The van der Waals surface area contributed by atoms with Gasteiger partial charge >= 0.3 is 5.97 Å². The van der Waals surface area contributed by atoms with Crippen LogP contribution in [-0.4, -0.2) is 47.4 Å². The number of ether oxygens (including phenoxy) is 1. The summed E-state index contributed by atoms with van der Waals surface area (Å²) in [4.78, 5) is 24.7. The molecule has 0 fully saturated rings. The second kappa shape index (κ2) is 78.0. The Hall–Kier alpha value is -1.40. The van der Waals surface area contributed by atoms with E-state index in [2.05, 4.69) is 19.2 Å². The molecule has 2 unspecified atom stereocenters. The van der Waals surface area contributed by atoms with Crippen molar-refractivity contribution >= 4 is 11.9 Å². The molecule has 0 aliphatic carbocycles. The summed E-state index contributed by atoms with van der Waals surface area (Å²) in [5.41, 5.74) is 0. The third kappa shape index (κ3) is 73.6. The first-order valence-electron chi connectivity index (χ1n) is 41.0. The summed E-state index contributed by atoms with van der Waals surface area (Å²) in [5, 5.41) is 23.3. The largest absolute Gasteiger partial charge is 0.466 e. The second-order valence-corrected chi connectivity index (χ2v) is 28.5. The fourth-order valence-electron chi connectivity index (χ4n) is 13.3. The molecule has 1 amide bonds. The van der Waals surface area contributed by atoms with Crippen LogP contribution in [-0.2, 0) is 14.3 Å². The van der Waals surface area contributed by atoms with Gasteiger partial charge in [0.1, 0.15) is 0 Å². The van der Waals surface area contributed by atoms with Gasteiger partial charge in [0.05, 0.1) is 25.4 Å². The van der Waals surface area contributed by atoms with E-state index in [0.29, 0.717) is 19.4 Å². The van der Waals surface area contributed by atoms with Crippen molar-refractivity contribution in [3.05, 3.63) is 12.2 Å². The lowest BCUT2D eigenvalue weighted by Gasteiger charge is -2.20. The van der Waals surface area contributed by atoms with E-state index in [1.54, 1.807) is 6.08 Å². The number of carbonyl (C=O) groups is 2. The Morgan fingerprint density at radius 3 is 0.773 bits per heavy atom. The molecular weight excluding hydrogens is 1080 g/mol. The zero-order valence-electron chi connectivity index (χ0n) is 60.3. The van der Waals surface area contributed by atoms with Crippen molar-refractivity contribution in [3.8, 4) is 0 Å². The molecule has 0 bridgehead atoms. The molecule has 0 saturated carbocycles. The second-order valence-electron chi connectivity index (χ2n) is 28.5. The maximum absolute atomic E-state index is 12.6. The quantitative estimate of drug-likeness (QED) is 0.0320. The van der Waals surface area contributed by atoms with Gasteiger partial charge in [-0.3, -0.25) is 9.59 Å². The van der Waals surface area contributed by atoms with Gasteiger partial charge in [-0.15, -0.1) is 0 Å². The summed E-state index contributed by atoms with van der Waals surface area (Å²) in [6.45, 7) is 4.97. The standard InChI is InChI=1S/C82H161NO5/c1-3-5-7-9-11-13-15-17-19-20-21-22-23-34-37-40-43-47-50-54-58-62-66-70-74-80(85)79(78-84)83-81(86)75-71-67-63-59-55-51-48-44-41-38-35-32-30-28-26-24-25-27-29-31-33-36-39-42-45-49-53-57-61-65-69-73-77-88-82(87)76-72-68-64-60-56-52-46-18-16-14-12-10-8-6-4-2/h70,74,79-80,84-85H,3-69,71-73,75-78H2,1-2H3,(H,83,86)/b74-70+. The molecule has 0 aromatic carbocycles. The van der Waals surface area contributed by atoms with Gasteiger partial charge in [0.15, 0.2) is 0 Å². The first-order chi connectivity index (χ1) is 43.5. The van der Waals surface area contributed by atoms with Crippen LogP contribution in [0.3, 0.4) is 0 Å². The Labute approximate surface area is 552 Å². The summed E-state index contributed by atoms with van der Waals surface area (Å²) in [5.74, 6) is -0.0323. The molecule has 0 radical (unpaired) electrons. The van der Waals surface area contributed by atoms with E-state index in [9.17, 15) is 19.8 Å². The van der Waals surface area contributed by atoms with Crippen molar-refractivity contribution in [2.45, 2.75) is 488 Å². The van der Waals surface area contributed by atoms with Crippen molar-refractivity contribution in [1.82, 2.24) is 5.32 Å². The Kier molecular flexibility index (Phi) is 76.8. The van der Waals surface area contributed by atoms with Gasteiger partial charge in [-0.2, -0.15) is 0 Å². The smallest absolute Gasteiger partial charge is 0.305 e. The van der Waals surface area contributed by atoms with Crippen molar-refractivity contribution in [1.29, 1.82) is 0 Å². The minimum atomic E-state index is -0.842. The number of hydrogen-bond donors (Lipinski definition) is 3. The molecule has 0 heterocycles. The maximum atomic E-state index is 12.6. The van der Waals surface area contributed by atoms with Gasteiger partial charge in [-0.05, 0) is 32.1 Å². The molecule has 0 aromatic heterocycles. The lowest BCUT2D eigenvalue weighted by molar-refractivity contribution is -0.143. The molecule has 0 rings (SSSR count). The van der Waals surface area contributed by atoms with Crippen LogP contribution in [0.2, 0.25) is 0 Å². The van der Waals surface area contributed by atoms with Crippen molar-refractivity contribution in [2.75, 3.05) is 13.2 Å². The topological polar surface area (TPSA) is 95.9 Å². The molecule has 3 N–H and O–H groups in total. The number of unbranched alkanes of at least 4 members (excludes halogenated alkanes) is 67. The summed E-state index contributed by atoms with van der Waals surface area (Å²) in [6, 6.07) is -0.625. The molecular formula is C82H161NO5. The predicted molar refractivity (Wildman–Crippen MR) is 389 cm³/mol. The number of rotatable bonds is 78. The zero-order valence-corrected chi connectivity index (χ0v) is 60.3. The Bertz CT molecular complexity index is 1340. The number of amides is 1. The zero-order chi connectivity index (χ0) is 63.5. The number of allylic oxidation sites excluding steroid dienone is 1. The molecule has 88 heavy (non-hydrogen) atoms. The Morgan fingerprint density at radius 1 is 0.307 bits per heavy atom. The average molecular weight is 1240 g/mol. The number of nitrogens with one attached hydrogen (secondary N) is 1. The maximum Gasteiger partial charge on any atom is 0.305 e. The Balaban J connectivity index is 3.34. The minimum absolute atomic E-state index is 0.0252. The first kappa shape index (κ1) is 86.6. The highest BCUT2D eigenvalue weighted by Gasteiger charge is 2.18. The molecule has 0 aliphatic rings. The van der Waals surface area contributed by atoms with E-state index in [-0.39, 0.29) is 18.5 Å².